The van der Waals surface area contributed by atoms with Gasteiger partial charge in [0.2, 0.25) is 0 Å². The van der Waals surface area contributed by atoms with Gasteiger partial charge in [-0.25, -0.2) is 0 Å². The standard InChI is InChI=1S/C26H30N2O2/c1-4-5-6-9-15-28-25(29)23(21-13-12-18(2)19(3)17-21)24(26(28)30)27-16-14-20-10-7-8-11-22(20)27/h7-8,10-13,17H,4-6,9,14-16H2,1-3H3. The molecule has 2 aromatic rings. The molecule has 0 aliphatic carbocycles. The number of benzene rings is 2. The minimum atomic E-state index is -0.154. The molecule has 2 amide bonds. The number of carbonyl (C=O) groups is 2. The average molecular weight is 403 g/mol. The van der Waals surface area contributed by atoms with Gasteiger partial charge in [-0.2, -0.15) is 0 Å². The predicted octanol–water partition coefficient (Wildman–Crippen LogP) is 5.03. The van der Waals surface area contributed by atoms with E-state index in [1.54, 1.807) is 0 Å². The van der Waals surface area contributed by atoms with Crippen LogP contribution in [0.1, 0.15) is 54.9 Å². The van der Waals surface area contributed by atoms with Gasteiger partial charge < -0.3 is 4.90 Å². The number of unbranched alkanes of at least 4 members (excludes halogenated alkanes) is 3. The van der Waals surface area contributed by atoms with Crippen LogP contribution in [0.3, 0.4) is 0 Å². The van der Waals surface area contributed by atoms with Crippen LogP contribution in [-0.2, 0) is 16.0 Å². The molecule has 0 bridgehead atoms. The number of imide groups is 1. The van der Waals surface area contributed by atoms with E-state index in [-0.39, 0.29) is 11.8 Å². The number of rotatable bonds is 7. The summed E-state index contributed by atoms with van der Waals surface area (Å²) in [5.74, 6) is -0.305. The fourth-order valence-electron chi connectivity index (χ4n) is 4.44. The van der Waals surface area contributed by atoms with Crippen molar-refractivity contribution in [3.63, 3.8) is 0 Å². The van der Waals surface area contributed by atoms with E-state index in [4.69, 9.17) is 0 Å². The van der Waals surface area contributed by atoms with Crippen molar-refractivity contribution in [2.45, 2.75) is 52.9 Å². The van der Waals surface area contributed by atoms with Crippen molar-refractivity contribution in [1.82, 2.24) is 4.90 Å². The number of amides is 2. The first-order valence-corrected chi connectivity index (χ1v) is 11.1. The molecular weight excluding hydrogens is 372 g/mol. The van der Waals surface area contributed by atoms with E-state index in [9.17, 15) is 9.59 Å². The van der Waals surface area contributed by atoms with Crippen LogP contribution in [0.4, 0.5) is 5.69 Å². The SMILES string of the molecule is CCCCCCN1C(=O)C(c2ccc(C)c(C)c2)=C(N2CCc3ccccc32)C1=O. The second-order valence-corrected chi connectivity index (χ2v) is 8.38. The third-order valence-corrected chi connectivity index (χ3v) is 6.33. The number of aryl methyl sites for hydroxylation is 2. The highest BCUT2D eigenvalue weighted by molar-refractivity contribution is 6.36. The van der Waals surface area contributed by atoms with Gasteiger partial charge in [-0.3, -0.25) is 14.5 Å². The Bertz CT molecular complexity index is 1020. The average Bonchev–Trinajstić information content (AvgIpc) is 3.26. The topological polar surface area (TPSA) is 40.6 Å². The second-order valence-electron chi connectivity index (χ2n) is 8.38. The zero-order chi connectivity index (χ0) is 21.3. The highest BCUT2D eigenvalue weighted by Crippen LogP contribution is 2.38. The lowest BCUT2D eigenvalue weighted by Gasteiger charge is -2.22. The summed E-state index contributed by atoms with van der Waals surface area (Å²) in [5.41, 5.74) is 6.52. The van der Waals surface area contributed by atoms with Crippen molar-refractivity contribution < 1.29 is 9.59 Å². The van der Waals surface area contributed by atoms with Crippen LogP contribution in [-0.4, -0.2) is 29.8 Å². The van der Waals surface area contributed by atoms with Crippen molar-refractivity contribution >= 4 is 23.1 Å². The van der Waals surface area contributed by atoms with Gasteiger partial charge in [0.25, 0.3) is 11.8 Å². The van der Waals surface area contributed by atoms with Gasteiger partial charge in [0.1, 0.15) is 5.70 Å². The molecule has 2 aliphatic rings. The Labute approximate surface area is 179 Å². The molecular formula is C26H30N2O2. The number of anilines is 1. The van der Waals surface area contributed by atoms with Gasteiger partial charge in [0.05, 0.1) is 5.57 Å². The van der Waals surface area contributed by atoms with Crippen LogP contribution in [0.15, 0.2) is 48.2 Å². The Morgan fingerprint density at radius 1 is 0.900 bits per heavy atom. The summed E-state index contributed by atoms with van der Waals surface area (Å²) in [4.78, 5) is 30.5. The predicted molar refractivity (Wildman–Crippen MR) is 121 cm³/mol. The third kappa shape index (κ3) is 3.55. The van der Waals surface area contributed by atoms with Gasteiger partial charge in [-0.1, -0.05) is 62.6 Å². The highest BCUT2D eigenvalue weighted by Gasteiger charge is 2.42. The van der Waals surface area contributed by atoms with Gasteiger partial charge in [-0.15, -0.1) is 0 Å². The summed E-state index contributed by atoms with van der Waals surface area (Å²) >= 11 is 0. The molecule has 30 heavy (non-hydrogen) atoms. The summed E-state index contributed by atoms with van der Waals surface area (Å²) in [6.07, 6.45) is 5.03. The van der Waals surface area contributed by atoms with Crippen LogP contribution >= 0.6 is 0 Å². The van der Waals surface area contributed by atoms with Gasteiger partial charge in [0, 0.05) is 18.8 Å². The summed E-state index contributed by atoms with van der Waals surface area (Å²) in [6, 6.07) is 14.2. The minimum absolute atomic E-state index is 0.151. The Balaban J connectivity index is 1.76. The lowest BCUT2D eigenvalue weighted by atomic mass is 9.99. The number of nitrogens with zero attached hydrogens (tertiary/aromatic N) is 2. The van der Waals surface area contributed by atoms with Gasteiger partial charge in [0.15, 0.2) is 0 Å². The van der Waals surface area contributed by atoms with Gasteiger partial charge >= 0.3 is 0 Å². The largest absolute Gasteiger partial charge is 0.336 e. The molecule has 2 heterocycles. The molecule has 0 spiro atoms. The van der Waals surface area contributed by atoms with E-state index < -0.39 is 0 Å². The quantitative estimate of drug-likeness (QED) is 0.482. The fourth-order valence-corrected chi connectivity index (χ4v) is 4.44. The van der Waals surface area contributed by atoms with E-state index in [1.165, 1.54) is 16.0 Å². The van der Waals surface area contributed by atoms with E-state index in [0.29, 0.717) is 17.8 Å². The van der Waals surface area contributed by atoms with Crippen LogP contribution in [0.2, 0.25) is 0 Å². The molecule has 0 atom stereocenters. The molecule has 2 aromatic carbocycles. The Morgan fingerprint density at radius 3 is 2.47 bits per heavy atom. The first-order valence-electron chi connectivity index (χ1n) is 11.1. The molecule has 4 rings (SSSR count). The zero-order valence-corrected chi connectivity index (χ0v) is 18.2. The highest BCUT2D eigenvalue weighted by atomic mass is 16.2. The maximum atomic E-state index is 13.5. The number of carbonyl (C=O) groups excluding carboxylic acids is 2. The Hall–Kier alpha value is -2.88. The molecule has 0 unspecified atom stereocenters. The lowest BCUT2D eigenvalue weighted by molar-refractivity contribution is -0.136. The van der Waals surface area contributed by atoms with Crippen molar-refractivity contribution in [2.75, 3.05) is 18.0 Å². The lowest BCUT2D eigenvalue weighted by Crippen LogP contribution is -2.35. The van der Waals surface area contributed by atoms with Crippen molar-refractivity contribution in [3.05, 3.63) is 70.4 Å². The van der Waals surface area contributed by atoms with Crippen LogP contribution in [0.5, 0.6) is 0 Å². The number of hydrogen-bond acceptors (Lipinski definition) is 3. The smallest absolute Gasteiger partial charge is 0.278 e. The summed E-state index contributed by atoms with van der Waals surface area (Å²) in [7, 11) is 0. The van der Waals surface area contributed by atoms with Gasteiger partial charge in [-0.05, 0) is 55.0 Å². The van der Waals surface area contributed by atoms with Crippen molar-refractivity contribution in [3.8, 4) is 0 Å². The molecule has 2 aliphatic heterocycles. The maximum absolute atomic E-state index is 13.5. The van der Waals surface area contributed by atoms with Crippen LogP contribution in [0.25, 0.3) is 5.57 Å². The second kappa shape index (κ2) is 8.47. The molecule has 0 fully saturated rings. The molecule has 4 heteroatoms. The first-order chi connectivity index (χ1) is 14.5. The van der Waals surface area contributed by atoms with E-state index >= 15 is 0 Å². The summed E-state index contributed by atoms with van der Waals surface area (Å²) in [6.45, 7) is 7.49. The van der Waals surface area contributed by atoms with Crippen LogP contribution in [0, 0.1) is 13.8 Å². The van der Waals surface area contributed by atoms with E-state index in [2.05, 4.69) is 30.9 Å². The Kier molecular flexibility index (Phi) is 5.76. The first kappa shape index (κ1) is 20.4. The van der Waals surface area contributed by atoms with Crippen LogP contribution < -0.4 is 4.90 Å². The minimum Gasteiger partial charge on any atom is -0.336 e. The van der Waals surface area contributed by atoms with Crippen molar-refractivity contribution in [1.29, 1.82) is 0 Å². The monoisotopic (exact) mass is 402 g/mol. The fraction of sp³-hybridized carbons (Fsp3) is 0.385. The summed E-state index contributed by atoms with van der Waals surface area (Å²) in [5, 5.41) is 0. The normalized spacial score (nSPS) is 16.1. The molecule has 0 aromatic heterocycles. The number of fused-ring (bicyclic) bond motifs is 1. The summed E-state index contributed by atoms with van der Waals surface area (Å²) < 4.78 is 0. The third-order valence-electron chi connectivity index (χ3n) is 6.33. The molecule has 4 nitrogen and oxygen atoms in total. The van der Waals surface area contributed by atoms with E-state index in [0.717, 1.165) is 55.5 Å². The Morgan fingerprint density at radius 2 is 1.70 bits per heavy atom. The molecule has 0 saturated heterocycles. The van der Waals surface area contributed by atoms with E-state index in [1.807, 2.05) is 37.3 Å². The molecule has 0 radical (unpaired) electrons. The zero-order valence-electron chi connectivity index (χ0n) is 18.2. The number of para-hydroxylation sites is 1. The molecule has 0 saturated carbocycles. The number of hydrogen-bond donors (Lipinski definition) is 0. The maximum Gasteiger partial charge on any atom is 0.278 e. The van der Waals surface area contributed by atoms with Crippen molar-refractivity contribution in [2.24, 2.45) is 0 Å². The molecule has 0 N–H and O–H groups in total. The molecule has 156 valence electrons.